The lowest BCUT2D eigenvalue weighted by atomic mass is 10.0. The van der Waals surface area contributed by atoms with E-state index in [2.05, 4.69) is 27.7 Å². The molecule has 0 spiro atoms. The predicted molar refractivity (Wildman–Crippen MR) is 303 cm³/mol. The summed E-state index contributed by atoms with van der Waals surface area (Å²) in [6.07, 6.45) is 36.6. The molecule has 0 bridgehead atoms. The van der Waals surface area contributed by atoms with Gasteiger partial charge in [0.15, 0.2) is 12.2 Å². The molecule has 0 radical (unpaired) electrons. The zero-order chi connectivity index (χ0) is 56.9. The van der Waals surface area contributed by atoms with Gasteiger partial charge in [0.1, 0.15) is 19.3 Å². The Morgan fingerprint density at radius 2 is 0.519 bits per heavy atom. The van der Waals surface area contributed by atoms with Crippen molar-refractivity contribution in [2.24, 2.45) is 0 Å². The second-order valence-electron chi connectivity index (χ2n) is 21.0. The second kappa shape index (κ2) is 53.4. The molecule has 0 heterocycles. The van der Waals surface area contributed by atoms with Crippen LogP contribution >= 0.6 is 15.6 Å². The van der Waals surface area contributed by atoms with Crippen molar-refractivity contribution < 1.29 is 80.2 Å². The summed E-state index contributed by atoms with van der Waals surface area (Å²) in [6.45, 7) is 4.71. The van der Waals surface area contributed by atoms with Crippen LogP contribution in [-0.2, 0) is 65.4 Å². The van der Waals surface area contributed by atoms with E-state index in [0.29, 0.717) is 25.7 Å². The van der Waals surface area contributed by atoms with Gasteiger partial charge >= 0.3 is 39.5 Å². The summed E-state index contributed by atoms with van der Waals surface area (Å²) >= 11 is 0. The minimum absolute atomic E-state index is 0.106. The first-order chi connectivity index (χ1) is 37.2. The molecule has 77 heavy (non-hydrogen) atoms. The van der Waals surface area contributed by atoms with Gasteiger partial charge in [-0.25, -0.2) is 9.13 Å². The molecule has 0 fully saturated rings. The Bertz CT molecular complexity index is 1500. The molecule has 5 atom stereocenters. The quantitative estimate of drug-likeness (QED) is 0.0222. The lowest BCUT2D eigenvalue weighted by Crippen LogP contribution is -2.30. The lowest BCUT2D eigenvalue weighted by Gasteiger charge is -2.21. The van der Waals surface area contributed by atoms with Gasteiger partial charge in [-0.15, -0.1) is 0 Å². The first-order valence-electron chi connectivity index (χ1n) is 30.8. The number of esters is 4. The maximum atomic E-state index is 12.9. The third-order valence-corrected chi connectivity index (χ3v) is 15.3. The first-order valence-corrected chi connectivity index (χ1v) is 33.8. The van der Waals surface area contributed by atoms with Gasteiger partial charge < -0.3 is 33.8 Å². The summed E-state index contributed by atoms with van der Waals surface area (Å²) < 4.78 is 67.4. The summed E-state index contributed by atoms with van der Waals surface area (Å²) in [7, 11) is -9.86. The van der Waals surface area contributed by atoms with Crippen LogP contribution in [0, 0.1) is 0 Å². The Morgan fingerprint density at radius 3 is 0.779 bits per heavy atom. The highest BCUT2D eigenvalue weighted by Crippen LogP contribution is 2.45. The molecule has 0 saturated heterocycles. The fourth-order valence-electron chi connectivity index (χ4n) is 8.57. The SMILES string of the molecule is CCCCCCCCCCCCCCC(=O)OC[C@H](COP(=O)(O)OC[C@@H](O)COP(=O)(O)OC[C@@H](COC(=O)CCCCCC)OC(=O)CCCCCCCCCCCCCC)OC(=O)CCCCCCCCCCC. The van der Waals surface area contributed by atoms with Crippen LogP contribution in [0.5, 0.6) is 0 Å². The van der Waals surface area contributed by atoms with Gasteiger partial charge in [0.25, 0.3) is 0 Å². The van der Waals surface area contributed by atoms with Crippen LogP contribution in [0.4, 0.5) is 0 Å². The molecule has 0 aliphatic heterocycles. The lowest BCUT2D eigenvalue weighted by molar-refractivity contribution is -0.161. The third-order valence-electron chi connectivity index (χ3n) is 13.4. The number of carbonyl (C=O) groups excluding carboxylic acids is 4. The van der Waals surface area contributed by atoms with E-state index < -0.39 is 97.5 Å². The summed E-state index contributed by atoms with van der Waals surface area (Å²) in [5.41, 5.74) is 0. The molecule has 3 N–H and O–H groups in total. The second-order valence-corrected chi connectivity index (χ2v) is 23.9. The molecule has 0 saturated carbocycles. The number of aliphatic hydroxyl groups is 1. The van der Waals surface area contributed by atoms with Crippen molar-refractivity contribution in [3.63, 3.8) is 0 Å². The summed E-state index contributed by atoms with van der Waals surface area (Å²) in [5.74, 6) is -2.16. The normalized spacial score (nSPS) is 14.3. The zero-order valence-electron chi connectivity index (χ0n) is 48.9. The number of hydrogen-bond acceptors (Lipinski definition) is 15. The molecule has 0 rings (SSSR count). The Morgan fingerprint density at radius 1 is 0.312 bits per heavy atom. The molecular formula is C58H112O17P2. The molecule has 0 aromatic carbocycles. The Kier molecular flexibility index (Phi) is 52.0. The third kappa shape index (κ3) is 53.2. The smallest absolute Gasteiger partial charge is 0.462 e. The van der Waals surface area contributed by atoms with Gasteiger partial charge in [-0.2, -0.15) is 0 Å². The van der Waals surface area contributed by atoms with Crippen LogP contribution in [0.1, 0.15) is 291 Å². The first kappa shape index (κ1) is 75.1. The molecule has 19 heteroatoms. The Hall–Kier alpha value is -1.94. The topological polar surface area (TPSA) is 237 Å². The van der Waals surface area contributed by atoms with Crippen LogP contribution in [0.2, 0.25) is 0 Å². The monoisotopic (exact) mass is 1140 g/mol. The fraction of sp³-hybridized carbons (Fsp3) is 0.931. The number of aliphatic hydroxyl groups excluding tert-OH is 1. The average Bonchev–Trinajstić information content (AvgIpc) is 3.40. The van der Waals surface area contributed by atoms with Crippen molar-refractivity contribution in [1.82, 2.24) is 0 Å². The highest BCUT2D eigenvalue weighted by Gasteiger charge is 2.30. The van der Waals surface area contributed by atoms with E-state index in [1.165, 1.54) is 122 Å². The fourth-order valence-corrected chi connectivity index (χ4v) is 10.2. The van der Waals surface area contributed by atoms with E-state index in [9.17, 15) is 43.2 Å². The molecule has 456 valence electrons. The molecule has 0 aromatic rings. The van der Waals surface area contributed by atoms with Gasteiger partial charge in [-0.3, -0.25) is 37.3 Å². The summed E-state index contributed by atoms with van der Waals surface area (Å²) in [6, 6.07) is 0. The summed E-state index contributed by atoms with van der Waals surface area (Å²) in [4.78, 5) is 71.5. The average molecular weight is 1140 g/mol. The largest absolute Gasteiger partial charge is 0.472 e. The van der Waals surface area contributed by atoms with Gasteiger partial charge in [0, 0.05) is 25.7 Å². The number of rotatable bonds is 59. The van der Waals surface area contributed by atoms with E-state index >= 15 is 0 Å². The van der Waals surface area contributed by atoms with Gasteiger partial charge in [-0.1, -0.05) is 240 Å². The van der Waals surface area contributed by atoms with E-state index in [-0.39, 0.29) is 25.7 Å². The Labute approximate surface area is 467 Å². The van der Waals surface area contributed by atoms with Crippen LogP contribution in [0.15, 0.2) is 0 Å². The van der Waals surface area contributed by atoms with E-state index in [4.69, 9.17) is 37.0 Å². The number of ether oxygens (including phenoxy) is 4. The van der Waals surface area contributed by atoms with Gasteiger partial charge in [0.05, 0.1) is 26.4 Å². The van der Waals surface area contributed by atoms with E-state index in [1.807, 2.05) is 0 Å². The van der Waals surface area contributed by atoms with E-state index in [1.54, 1.807) is 0 Å². The molecule has 2 unspecified atom stereocenters. The molecule has 0 aliphatic carbocycles. The van der Waals surface area contributed by atoms with Crippen LogP contribution < -0.4 is 0 Å². The predicted octanol–water partition coefficient (Wildman–Crippen LogP) is 15.6. The minimum atomic E-state index is -4.93. The van der Waals surface area contributed by atoms with Crippen molar-refractivity contribution >= 4 is 39.5 Å². The minimum Gasteiger partial charge on any atom is -0.462 e. The van der Waals surface area contributed by atoms with Crippen LogP contribution in [0.25, 0.3) is 0 Å². The maximum absolute atomic E-state index is 12.9. The van der Waals surface area contributed by atoms with Gasteiger partial charge in [0.2, 0.25) is 0 Å². The number of phosphoric ester groups is 2. The zero-order valence-corrected chi connectivity index (χ0v) is 50.7. The number of phosphoric acid groups is 2. The number of carbonyl (C=O) groups is 4. The number of unbranched alkanes of at least 4 members (excludes halogenated alkanes) is 33. The van der Waals surface area contributed by atoms with Crippen molar-refractivity contribution in [1.29, 1.82) is 0 Å². The van der Waals surface area contributed by atoms with Crippen molar-refractivity contribution in [2.75, 3.05) is 39.6 Å². The van der Waals surface area contributed by atoms with Crippen LogP contribution in [-0.4, -0.2) is 96.7 Å². The molecule has 0 aromatic heterocycles. The molecule has 0 amide bonds. The van der Waals surface area contributed by atoms with Crippen molar-refractivity contribution in [3.05, 3.63) is 0 Å². The van der Waals surface area contributed by atoms with Crippen LogP contribution in [0.3, 0.4) is 0 Å². The van der Waals surface area contributed by atoms with E-state index in [0.717, 1.165) is 89.9 Å². The Balaban J connectivity index is 5.12. The summed E-state index contributed by atoms with van der Waals surface area (Å²) in [5, 5.41) is 10.5. The van der Waals surface area contributed by atoms with Gasteiger partial charge in [-0.05, 0) is 25.7 Å². The molecule has 0 aliphatic rings. The maximum Gasteiger partial charge on any atom is 0.472 e. The van der Waals surface area contributed by atoms with Crippen molar-refractivity contribution in [3.8, 4) is 0 Å². The van der Waals surface area contributed by atoms with Crippen molar-refractivity contribution in [2.45, 2.75) is 309 Å². The standard InChI is InChI=1S/C58H112O17P2/c1-5-9-13-17-20-23-25-27-30-32-35-39-43-56(61)69-49-54(75-57(62)44-40-36-33-29-22-19-15-11-7-3)51-73-77(66,67)71-47-52(59)46-70-76(64,65)72-50-53(48-68-55(60)42-38-16-12-8-4)74-58(63)45-41-37-34-31-28-26-24-21-18-14-10-6-2/h52-54,59H,5-51H2,1-4H3,(H,64,65)(H,66,67)/t52-,53+,54+/m0/s1. The molecule has 17 nitrogen and oxygen atoms in total. The number of hydrogen-bond donors (Lipinski definition) is 3. The molecular weight excluding hydrogens is 1030 g/mol. The highest BCUT2D eigenvalue weighted by atomic mass is 31.2. The highest BCUT2D eigenvalue weighted by molar-refractivity contribution is 7.47.